The third kappa shape index (κ3) is 4.66. The fourth-order valence-corrected chi connectivity index (χ4v) is 3.45. The van der Waals surface area contributed by atoms with Crippen molar-refractivity contribution in [3.8, 4) is 0 Å². The van der Waals surface area contributed by atoms with E-state index < -0.39 is 10.0 Å². The summed E-state index contributed by atoms with van der Waals surface area (Å²) in [7, 11) is -0.439. The van der Waals surface area contributed by atoms with Crippen LogP contribution in [-0.2, 0) is 10.0 Å². The monoisotopic (exact) mass is 364 g/mol. The zero-order chi connectivity index (χ0) is 15.3. The summed E-state index contributed by atoms with van der Waals surface area (Å²) in [5.41, 5.74) is 6.02. The van der Waals surface area contributed by atoms with Crippen LogP contribution in [0.25, 0.3) is 0 Å². The first kappa shape index (κ1) is 16.7. The van der Waals surface area contributed by atoms with E-state index in [9.17, 15) is 13.2 Å². The van der Waals surface area contributed by atoms with Crippen LogP contribution in [0.2, 0.25) is 0 Å². The van der Waals surface area contributed by atoms with Crippen LogP contribution < -0.4 is 15.8 Å². The summed E-state index contributed by atoms with van der Waals surface area (Å²) in [5, 5.41) is 2.56. The predicted molar refractivity (Wildman–Crippen MR) is 80.8 cm³/mol. The van der Waals surface area contributed by atoms with E-state index in [1.165, 1.54) is 23.1 Å². The van der Waals surface area contributed by atoms with Crippen molar-refractivity contribution in [1.29, 1.82) is 0 Å². The maximum absolute atomic E-state index is 12.0. The second-order valence-corrected chi connectivity index (χ2v) is 6.80. The third-order valence-corrected chi connectivity index (χ3v) is 4.78. The highest BCUT2D eigenvalue weighted by Crippen LogP contribution is 2.23. The number of amides is 2. The molecule has 0 saturated heterocycles. The Morgan fingerprint density at radius 1 is 1.35 bits per heavy atom. The SMILES string of the molecule is CN(C)C(=O)NCCNS(=O)(=O)c1ccc(N)cc1Br. The van der Waals surface area contributed by atoms with E-state index in [4.69, 9.17) is 5.73 Å². The number of hydrogen-bond donors (Lipinski definition) is 3. The number of nitrogens with zero attached hydrogens (tertiary/aromatic N) is 1. The Balaban J connectivity index is 2.60. The van der Waals surface area contributed by atoms with Crippen LogP contribution in [0, 0.1) is 0 Å². The van der Waals surface area contributed by atoms with Crippen LogP contribution in [0.4, 0.5) is 10.5 Å². The molecule has 0 bridgehead atoms. The highest BCUT2D eigenvalue weighted by molar-refractivity contribution is 9.10. The van der Waals surface area contributed by atoms with Crippen molar-refractivity contribution in [2.75, 3.05) is 32.9 Å². The molecule has 0 atom stereocenters. The summed E-state index contributed by atoms with van der Waals surface area (Å²) >= 11 is 3.16. The van der Waals surface area contributed by atoms with Gasteiger partial charge in [-0.2, -0.15) is 0 Å². The number of carbonyl (C=O) groups excluding carboxylic acids is 1. The van der Waals surface area contributed by atoms with Gasteiger partial charge in [0, 0.05) is 37.3 Å². The van der Waals surface area contributed by atoms with Gasteiger partial charge in [0.05, 0.1) is 4.90 Å². The van der Waals surface area contributed by atoms with Crippen molar-refractivity contribution in [1.82, 2.24) is 14.9 Å². The molecule has 0 aromatic heterocycles. The van der Waals surface area contributed by atoms with Gasteiger partial charge in [0.25, 0.3) is 0 Å². The quantitative estimate of drug-likeness (QED) is 0.524. The Hall–Kier alpha value is -1.32. The first-order valence-electron chi connectivity index (χ1n) is 5.74. The normalized spacial score (nSPS) is 11.2. The van der Waals surface area contributed by atoms with Crippen molar-refractivity contribution in [2.24, 2.45) is 0 Å². The molecule has 1 aromatic carbocycles. The second-order valence-electron chi connectivity index (χ2n) is 4.21. The van der Waals surface area contributed by atoms with Crippen molar-refractivity contribution in [2.45, 2.75) is 4.90 Å². The van der Waals surface area contributed by atoms with E-state index in [0.717, 1.165) is 0 Å². The van der Waals surface area contributed by atoms with Crippen LogP contribution in [0.3, 0.4) is 0 Å². The zero-order valence-corrected chi connectivity index (χ0v) is 13.6. The van der Waals surface area contributed by atoms with Gasteiger partial charge in [-0.15, -0.1) is 0 Å². The van der Waals surface area contributed by atoms with E-state index in [2.05, 4.69) is 26.0 Å². The van der Waals surface area contributed by atoms with E-state index in [-0.39, 0.29) is 24.0 Å². The van der Waals surface area contributed by atoms with E-state index in [1.807, 2.05) is 0 Å². The summed E-state index contributed by atoms with van der Waals surface area (Å²) in [6, 6.07) is 4.16. The summed E-state index contributed by atoms with van der Waals surface area (Å²) < 4.78 is 26.9. The lowest BCUT2D eigenvalue weighted by Crippen LogP contribution is -2.39. The fourth-order valence-electron chi connectivity index (χ4n) is 1.33. The first-order valence-corrected chi connectivity index (χ1v) is 8.01. The molecular formula is C11H17BrN4O3S. The Morgan fingerprint density at radius 3 is 2.55 bits per heavy atom. The van der Waals surface area contributed by atoms with Gasteiger partial charge in [-0.3, -0.25) is 0 Å². The topological polar surface area (TPSA) is 105 Å². The van der Waals surface area contributed by atoms with Crippen molar-refractivity contribution >= 4 is 37.7 Å². The average molecular weight is 365 g/mol. The Bertz CT molecular complexity index is 589. The van der Waals surface area contributed by atoms with Gasteiger partial charge in [-0.05, 0) is 34.1 Å². The number of benzene rings is 1. The number of carbonyl (C=O) groups is 1. The van der Waals surface area contributed by atoms with Gasteiger partial charge in [0.2, 0.25) is 10.0 Å². The summed E-state index contributed by atoms with van der Waals surface area (Å²) in [6.45, 7) is 0.293. The van der Waals surface area contributed by atoms with Crippen LogP contribution in [-0.4, -0.2) is 46.5 Å². The number of nitrogens with two attached hydrogens (primary N) is 1. The van der Waals surface area contributed by atoms with Crippen LogP contribution >= 0.6 is 15.9 Å². The standard InChI is InChI=1S/C11H17BrN4O3S/c1-16(2)11(17)14-5-6-15-20(18,19)10-4-3-8(13)7-9(10)12/h3-4,7,15H,5-6,13H2,1-2H3,(H,14,17). The molecule has 0 unspecified atom stereocenters. The molecule has 4 N–H and O–H groups in total. The number of nitrogen functional groups attached to an aromatic ring is 1. The zero-order valence-electron chi connectivity index (χ0n) is 11.2. The third-order valence-electron chi connectivity index (χ3n) is 2.34. The molecule has 1 rings (SSSR count). The van der Waals surface area contributed by atoms with E-state index >= 15 is 0 Å². The van der Waals surface area contributed by atoms with Crippen molar-refractivity contribution in [3.05, 3.63) is 22.7 Å². The number of nitrogens with one attached hydrogen (secondary N) is 2. The summed E-state index contributed by atoms with van der Waals surface area (Å²) in [5.74, 6) is 0. The minimum absolute atomic E-state index is 0.0960. The Labute approximate surface area is 126 Å². The molecule has 0 aliphatic heterocycles. The molecule has 2 amide bonds. The lowest BCUT2D eigenvalue weighted by molar-refractivity contribution is 0.217. The largest absolute Gasteiger partial charge is 0.399 e. The van der Waals surface area contributed by atoms with Crippen LogP contribution in [0.15, 0.2) is 27.6 Å². The maximum Gasteiger partial charge on any atom is 0.316 e. The molecule has 0 spiro atoms. The fraction of sp³-hybridized carbons (Fsp3) is 0.364. The molecule has 0 fully saturated rings. The Kier molecular flexibility index (Phi) is 5.78. The molecule has 9 heteroatoms. The molecule has 0 aliphatic carbocycles. The predicted octanol–water partition coefficient (Wildman–Crippen LogP) is 0.581. The minimum atomic E-state index is -3.64. The minimum Gasteiger partial charge on any atom is -0.399 e. The second kappa shape index (κ2) is 6.91. The first-order chi connectivity index (χ1) is 9.24. The van der Waals surface area contributed by atoms with Gasteiger partial charge in [0.1, 0.15) is 0 Å². The number of halogens is 1. The molecule has 1 aromatic rings. The van der Waals surface area contributed by atoms with E-state index in [1.54, 1.807) is 14.1 Å². The average Bonchev–Trinajstić information content (AvgIpc) is 2.33. The molecule has 0 heterocycles. The van der Waals surface area contributed by atoms with Crippen LogP contribution in [0.1, 0.15) is 0 Å². The van der Waals surface area contributed by atoms with Crippen molar-refractivity contribution in [3.63, 3.8) is 0 Å². The molecule has 0 radical (unpaired) electrons. The highest BCUT2D eigenvalue weighted by Gasteiger charge is 2.17. The maximum atomic E-state index is 12.0. The van der Waals surface area contributed by atoms with Gasteiger partial charge >= 0.3 is 6.03 Å². The lowest BCUT2D eigenvalue weighted by Gasteiger charge is -2.13. The van der Waals surface area contributed by atoms with Gasteiger partial charge < -0.3 is 16.0 Å². The molecule has 0 saturated carbocycles. The lowest BCUT2D eigenvalue weighted by atomic mass is 10.3. The number of hydrogen-bond acceptors (Lipinski definition) is 4. The summed E-state index contributed by atoms with van der Waals surface area (Å²) in [6.07, 6.45) is 0. The Morgan fingerprint density at radius 2 is 2.00 bits per heavy atom. The molecule has 112 valence electrons. The number of rotatable bonds is 5. The molecule has 7 nitrogen and oxygen atoms in total. The molecular weight excluding hydrogens is 348 g/mol. The van der Waals surface area contributed by atoms with Gasteiger partial charge in [-0.25, -0.2) is 17.9 Å². The van der Waals surface area contributed by atoms with E-state index in [0.29, 0.717) is 10.2 Å². The van der Waals surface area contributed by atoms with Gasteiger partial charge in [-0.1, -0.05) is 0 Å². The molecule has 20 heavy (non-hydrogen) atoms. The highest BCUT2D eigenvalue weighted by atomic mass is 79.9. The van der Waals surface area contributed by atoms with Crippen LogP contribution in [0.5, 0.6) is 0 Å². The summed E-state index contributed by atoms with van der Waals surface area (Å²) in [4.78, 5) is 12.7. The molecule has 0 aliphatic rings. The van der Waals surface area contributed by atoms with Gasteiger partial charge in [0.15, 0.2) is 0 Å². The smallest absolute Gasteiger partial charge is 0.316 e. The van der Waals surface area contributed by atoms with Crippen molar-refractivity contribution < 1.29 is 13.2 Å². The number of anilines is 1. The number of urea groups is 1. The number of sulfonamides is 1.